The van der Waals surface area contributed by atoms with Gasteiger partial charge in [-0.15, -0.1) is 0 Å². The molecule has 0 bridgehead atoms. The molecular formula is C22H29N3O3. The highest BCUT2D eigenvalue weighted by Crippen LogP contribution is 2.26. The minimum absolute atomic E-state index is 0.208. The van der Waals surface area contributed by atoms with Gasteiger partial charge < -0.3 is 14.8 Å². The van der Waals surface area contributed by atoms with E-state index in [1.54, 1.807) is 0 Å². The zero-order valence-corrected chi connectivity index (χ0v) is 17.1. The molecule has 2 aromatic rings. The van der Waals surface area contributed by atoms with Crippen molar-refractivity contribution in [1.29, 1.82) is 0 Å². The maximum atomic E-state index is 12.8. The van der Waals surface area contributed by atoms with Crippen molar-refractivity contribution in [3.05, 3.63) is 53.1 Å². The predicted molar refractivity (Wildman–Crippen MR) is 107 cm³/mol. The number of hydrogen-bond donors (Lipinski definition) is 1. The highest BCUT2D eigenvalue weighted by molar-refractivity contribution is 5.90. The average molecular weight is 383 g/mol. The minimum Gasteiger partial charge on any atom is -0.484 e. The Morgan fingerprint density at radius 3 is 2.61 bits per heavy atom. The molecule has 6 heteroatoms. The van der Waals surface area contributed by atoms with Gasteiger partial charge in [-0.1, -0.05) is 30.3 Å². The number of rotatable bonds is 6. The molecule has 1 saturated heterocycles. The number of carbonyl (C=O) groups excluding carboxylic acids is 1. The molecule has 0 radical (unpaired) electrons. The molecule has 1 aromatic heterocycles. The summed E-state index contributed by atoms with van der Waals surface area (Å²) < 4.78 is 11.6. The molecule has 3 rings (SSSR count). The molecule has 28 heavy (non-hydrogen) atoms. The summed E-state index contributed by atoms with van der Waals surface area (Å²) in [5, 5.41) is 3.35. The van der Waals surface area contributed by atoms with E-state index >= 15 is 0 Å². The monoisotopic (exact) mass is 383 g/mol. The molecule has 1 aromatic carbocycles. The fourth-order valence-electron chi connectivity index (χ4n) is 3.23. The smallest absolute Gasteiger partial charge is 0.361 e. The van der Waals surface area contributed by atoms with Crippen LogP contribution >= 0.6 is 0 Å². The van der Waals surface area contributed by atoms with Crippen molar-refractivity contribution < 1.29 is 14.3 Å². The van der Waals surface area contributed by atoms with Gasteiger partial charge in [0.05, 0.1) is 5.69 Å². The van der Waals surface area contributed by atoms with Crippen LogP contribution in [0.2, 0.25) is 0 Å². The molecule has 1 aliphatic rings. The van der Waals surface area contributed by atoms with Crippen LogP contribution in [0.5, 0.6) is 5.75 Å². The topological polar surface area (TPSA) is 73.3 Å². The number of hydrogen-bond acceptors (Lipinski definition) is 6. The third kappa shape index (κ3) is 5.52. The molecule has 1 unspecified atom stereocenters. The van der Waals surface area contributed by atoms with E-state index in [2.05, 4.69) is 15.3 Å². The fourth-order valence-corrected chi connectivity index (χ4v) is 3.23. The van der Waals surface area contributed by atoms with Crippen LogP contribution in [0.3, 0.4) is 0 Å². The molecule has 0 amide bonds. The van der Waals surface area contributed by atoms with E-state index in [-0.39, 0.29) is 5.69 Å². The first-order valence-corrected chi connectivity index (χ1v) is 9.80. The molecule has 0 spiro atoms. The van der Waals surface area contributed by atoms with Crippen LogP contribution in [-0.2, 0) is 17.8 Å². The maximum absolute atomic E-state index is 12.8. The van der Waals surface area contributed by atoms with Gasteiger partial charge in [0.15, 0.2) is 11.4 Å². The molecule has 1 atom stereocenters. The van der Waals surface area contributed by atoms with E-state index in [1.807, 2.05) is 58.0 Å². The van der Waals surface area contributed by atoms with Crippen LogP contribution < -0.4 is 10.1 Å². The van der Waals surface area contributed by atoms with Crippen molar-refractivity contribution in [2.75, 3.05) is 13.1 Å². The first-order valence-electron chi connectivity index (χ1n) is 9.80. The fraction of sp³-hybridized carbons (Fsp3) is 0.500. The minimum atomic E-state index is -0.609. The van der Waals surface area contributed by atoms with Crippen LogP contribution in [-0.4, -0.2) is 34.6 Å². The number of esters is 1. The van der Waals surface area contributed by atoms with Crippen LogP contribution in [0.15, 0.2) is 30.3 Å². The number of ether oxygens (including phenoxy) is 2. The van der Waals surface area contributed by atoms with Crippen LogP contribution in [0.25, 0.3) is 0 Å². The van der Waals surface area contributed by atoms with E-state index < -0.39 is 11.6 Å². The second kappa shape index (κ2) is 8.69. The van der Waals surface area contributed by atoms with Gasteiger partial charge in [0.25, 0.3) is 0 Å². The van der Waals surface area contributed by atoms with Gasteiger partial charge in [0, 0.05) is 6.42 Å². The Kier molecular flexibility index (Phi) is 6.29. The zero-order chi connectivity index (χ0) is 20.1. The van der Waals surface area contributed by atoms with Gasteiger partial charge in [-0.25, -0.2) is 14.8 Å². The predicted octanol–water partition coefficient (Wildman–Crippen LogP) is 3.47. The Morgan fingerprint density at radius 2 is 1.96 bits per heavy atom. The highest BCUT2D eigenvalue weighted by Gasteiger charge is 2.26. The summed E-state index contributed by atoms with van der Waals surface area (Å²) in [6, 6.07) is 9.82. The van der Waals surface area contributed by atoms with Gasteiger partial charge in [-0.3, -0.25) is 0 Å². The molecular weight excluding hydrogens is 354 g/mol. The third-order valence-electron chi connectivity index (χ3n) is 4.53. The lowest BCUT2D eigenvalue weighted by molar-refractivity contribution is 0.00572. The normalized spacial score (nSPS) is 16.8. The third-order valence-corrected chi connectivity index (χ3v) is 4.53. The second-order valence-electron chi connectivity index (χ2n) is 8.24. The number of benzene rings is 1. The number of aryl methyl sites for hydroxylation is 1. The van der Waals surface area contributed by atoms with Crippen LogP contribution in [0, 0.1) is 12.8 Å². The Labute approximate surface area is 166 Å². The lowest BCUT2D eigenvalue weighted by Gasteiger charge is -2.21. The first kappa shape index (κ1) is 20.3. The SMILES string of the molecule is Cc1nc(CC2CCNC2)nc(C(=O)OC(C)(C)C)c1OCc1ccccc1. The lowest BCUT2D eigenvalue weighted by Crippen LogP contribution is -2.26. The van der Waals surface area contributed by atoms with E-state index in [0.29, 0.717) is 29.8 Å². The van der Waals surface area contributed by atoms with Crippen LogP contribution in [0.4, 0.5) is 0 Å². The van der Waals surface area contributed by atoms with E-state index in [1.165, 1.54) is 0 Å². The summed E-state index contributed by atoms with van der Waals surface area (Å²) in [7, 11) is 0. The Balaban J connectivity index is 1.87. The highest BCUT2D eigenvalue weighted by atomic mass is 16.6. The number of carbonyl (C=O) groups is 1. The van der Waals surface area contributed by atoms with E-state index in [0.717, 1.165) is 31.5 Å². The molecule has 6 nitrogen and oxygen atoms in total. The van der Waals surface area contributed by atoms with Crippen molar-refractivity contribution in [3.8, 4) is 5.75 Å². The van der Waals surface area contributed by atoms with Crippen molar-refractivity contribution in [3.63, 3.8) is 0 Å². The van der Waals surface area contributed by atoms with E-state index in [9.17, 15) is 4.79 Å². The quantitative estimate of drug-likeness (QED) is 0.770. The van der Waals surface area contributed by atoms with Gasteiger partial charge >= 0.3 is 5.97 Å². The summed E-state index contributed by atoms with van der Waals surface area (Å²) in [5.74, 6) is 1.07. The van der Waals surface area contributed by atoms with Crippen molar-refractivity contribution in [1.82, 2.24) is 15.3 Å². The molecule has 1 aliphatic heterocycles. The maximum Gasteiger partial charge on any atom is 0.361 e. The molecule has 0 aliphatic carbocycles. The Bertz CT molecular complexity index is 810. The van der Waals surface area contributed by atoms with Gasteiger partial charge in [-0.2, -0.15) is 0 Å². The summed E-state index contributed by atoms with van der Waals surface area (Å²) in [5.41, 5.74) is 1.27. The van der Waals surface area contributed by atoms with E-state index in [4.69, 9.17) is 9.47 Å². The standard InChI is InChI=1S/C22H29N3O3/c1-15-20(27-14-16-8-6-5-7-9-16)19(21(26)28-22(2,3)4)25-18(24-15)12-17-10-11-23-13-17/h5-9,17,23H,10-14H2,1-4H3. The van der Waals surface area contributed by atoms with Gasteiger partial charge in [0.1, 0.15) is 18.0 Å². The number of nitrogens with one attached hydrogen (secondary N) is 1. The molecule has 150 valence electrons. The van der Waals surface area contributed by atoms with Crippen molar-refractivity contribution >= 4 is 5.97 Å². The summed E-state index contributed by atoms with van der Waals surface area (Å²) >= 11 is 0. The second-order valence-corrected chi connectivity index (χ2v) is 8.24. The van der Waals surface area contributed by atoms with Crippen LogP contribution in [0.1, 0.15) is 54.8 Å². The van der Waals surface area contributed by atoms with Gasteiger partial charge in [-0.05, 0) is 58.7 Å². The Hall–Kier alpha value is -2.47. The number of aromatic nitrogens is 2. The zero-order valence-electron chi connectivity index (χ0n) is 17.1. The molecule has 1 fully saturated rings. The van der Waals surface area contributed by atoms with Crippen molar-refractivity contribution in [2.45, 2.75) is 52.7 Å². The molecule has 0 saturated carbocycles. The van der Waals surface area contributed by atoms with Crippen molar-refractivity contribution in [2.24, 2.45) is 5.92 Å². The molecule has 2 heterocycles. The summed E-state index contributed by atoms with van der Waals surface area (Å²) in [4.78, 5) is 22.0. The number of nitrogens with zero attached hydrogens (tertiary/aromatic N) is 2. The van der Waals surface area contributed by atoms with Gasteiger partial charge in [0.2, 0.25) is 0 Å². The summed E-state index contributed by atoms with van der Waals surface area (Å²) in [6.07, 6.45) is 1.83. The summed E-state index contributed by atoms with van der Waals surface area (Å²) in [6.45, 7) is 9.69. The first-order chi connectivity index (χ1) is 13.3. The Morgan fingerprint density at radius 1 is 1.21 bits per heavy atom. The molecule has 1 N–H and O–H groups in total. The lowest BCUT2D eigenvalue weighted by atomic mass is 10.0. The largest absolute Gasteiger partial charge is 0.484 e. The average Bonchev–Trinajstić information content (AvgIpc) is 3.13.